The van der Waals surface area contributed by atoms with E-state index in [0.29, 0.717) is 13.1 Å². The summed E-state index contributed by atoms with van der Waals surface area (Å²) in [5, 5.41) is 15.2. The van der Waals surface area contributed by atoms with Crippen LogP contribution in [0.4, 0.5) is 4.39 Å². The van der Waals surface area contributed by atoms with Gasteiger partial charge in [0.2, 0.25) is 0 Å². The first-order valence-corrected chi connectivity index (χ1v) is 8.94. The van der Waals surface area contributed by atoms with E-state index in [1.807, 2.05) is 6.92 Å². The molecule has 2 N–H and O–H groups in total. The molecule has 1 aliphatic rings. The molecule has 0 unspecified atom stereocenters. The Labute approximate surface area is 170 Å². The topological polar surface area (TPSA) is 67.1 Å². The number of guanidine groups is 1. The summed E-state index contributed by atoms with van der Waals surface area (Å²) < 4.78 is 15.2. The molecule has 3 rings (SSSR count). The molecule has 2 heterocycles. The maximum absolute atomic E-state index is 13.0. The van der Waals surface area contributed by atoms with E-state index >= 15 is 0 Å². The SMILES string of the molecule is CCNC(=NCc1ccc(F)cc1)NCc1nnc2n1CCCCC2.I. The molecule has 0 fully saturated rings. The van der Waals surface area contributed by atoms with E-state index in [9.17, 15) is 4.39 Å². The monoisotopic (exact) mass is 472 g/mol. The third-order valence-electron chi connectivity index (χ3n) is 4.28. The third-order valence-corrected chi connectivity index (χ3v) is 4.28. The number of hydrogen-bond donors (Lipinski definition) is 2. The Morgan fingerprint density at radius 1 is 1.15 bits per heavy atom. The average Bonchev–Trinajstić information content (AvgIpc) is 2.85. The highest BCUT2D eigenvalue weighted by molar-refractivity contribution is 14.0. The molecule has 6 nitrogen and oxygen atoms in total. The van der Waals surface area contributed by atoms with Gasteiger partial charge in [-0.3, -0.25) is 0 Å². The Bertz CT molecular complexity index is 713. The van der Waals surface area contributed by atoms with Crippen molar-refractivity contribution < 1.29 is 4.39 Å². The second-order valence-corrected chi connectivity index (χ2v) is 6.17. The average molecular weight is 472 g/mol. The Balaban J connectivity index is 0.00000243. The number of nitrogens with zero attached hydrogens (tertiary/aromatic N) is 4. The van der Waals surface area contributed by atoms with Gasteiger partial charge in [0.1, 0.15) is 11.6 Å². The molecule has 0 saturated carbocycles. The first-order chi connectivity index (χ1) is 12.3. The lowest BCUT2D eigenvalue weighted by Gasteiger charge is -2.12. The Hall–Kier alpha value is -1.71. The van der Waals surface area contributed by atoms with Gasteiger partial charge in [0.25, 0.3) is 0 Å². The van der Waals surface area contributed by atoms with Crippen molar-refractivity contribution in [3.63, 3.8) is 0 Å². The summed E-state index contributed by atoms with van der Waals surface area (Å²) in [4.78, 5) is 4.56. The van der Waals surface area contributed by atoms with Crippen molar-refractivity contribution in [1.82, 2.24) is 25.4 Å². The number of aliphatic imine (C=N–C) groups is 1. The molecule has 0 radical (unpaired) electrons. The zero-order chi connectivity index (χ0) is 17.5. The fourth-order valence-electron chi connectivity index (χ4n) is 2.94. The number of hydrogen-bond acceptors (Lipinski definition) is 3. The lowest BCUT2D eigenvalue weighted by Crippen LogP contribution is -2.37. The predicted molar refractivity (Wildman–Crippen MR) is 111 cm³/mol. The van der Waals surface area contributed by atoms with Crippen LogP contribution in [0.15, 0.2) is 29.3 Å². The van der Waals surface area contributed by atoms with Crippen molar-refractivity contribution in [2.45, 2.75) is 52.2 Å². The van der Waals surface area contributed by atoms with Gasteiger partial charge >= 0.3 is 0 Å². The van der Waals surface area contributed by atoms with Gasteiger partial charge in [-0.1, -0.05) is 18.6 Å². The second-order valence-electron chi connectivity index (χ2n) is 6.17. The highest BCUT2D eigenvalue weighted by Gasteiger charge is 2.14. The molecule has 2 aromatic rings. The van der Waals surface area contributed by atoms with Crippen LogP contribution in [0.3, 0.4) is 0 Å². The van der Waals surface area contributed by atoms with E-state index < -0.39 is 0 Å². The molecule has 26 heavy (non-hydrogen) atoms. The Morgan fingerprint density at radius 2 is 1.96 bits per heavy atom. The second kappa shape index (κ2) is 10.4. The Kier molecular flexibility index (Phi) is 8.27. The molecular formula is C18H26FIN6. The van der Waals surface area contributed by atoms with Crippen LogP contribution in [0.25, 0.3) is 0 Å². The van der Waals surface area contributed by atoms with Gasteiger partial charge in [-0.15, -0.1) is 34.2 Å². The van der Waals surface area contributed by atoms with Crippen LogP contribution in [0, 0.1) is 5.82 Å². The molecule has 1 aromatic carbocycles. The van der Waals surface area contributed by atoms with E-state index in [-0.39, 0.29) is 29.8 Å². The number of aryl methyl sites for hydroxylation is 1. The number of nitrogens with one attached hydrogen (secondary N) is 2. The molecular weight excluding hydrogens is 446 g/mol. The summed E-state index contributed by atoms with van der Waals surface area (Å²) >= 11 is 0. The first-order valence-electron chi connectivity index (χ1n) is 8.94. The zero-order valence-electron chi connectivity index (χ0n) is 15.0. The van der Waals surface area contributed by atoms with Crippen LogP contribution in [0.5, 0.6) is 0 Å². The highest BCUT2D eigenvalue weighted by atomic mass is 127. The summed E-state index contributed by atoms with van der Waals surface area (Å²) in [6, 6.07) is 6.41. The van der Waals surface area contributed by atoms with Gasteiger partial charge in [0.05, 0.1) is 13.1 Å². The molecule has 0 aliphatic carbocycles. The van der Waals surface area contributed by atoms with Crippen LogP contribution in [0.1, 0.15) is 43.4 Å². The molecule has 1 aromatic heterocycles. The van der Waals surface area contributed by atoms with Crippen molar-refractivity contribution in [3.05, 3.63) is 47.3 Å². The molecule has 0 atom stereocenters. The summed E-state index contributed by atoms with van der Waals surface area (Å²) in [5.74, 6) is 2.52. The van der Waals surface area contributed by atoms with E-state index in [2.05, 4.69) is 30.4 Å². The smallest absolute Gasteiger partial charge is 0.191 e. The lowest BCUT2D eigenvalue weighted by molar-refractivity contribution is 0.596. The predicted octanol–water partition coefficient (Wildman–Crippen LogP) is 3.02. The summed E-state index contributed by atoms with van der Waals surface area (Å²) in [6.07, 6.45) is 4.62. The first kappa shape index (κ1) is 20.6. The van der Waals surface area contributed by atoms with Crippen molar-refractivity contribution in [1.29, 1.82) is 0 Å². The van der Waals surface area contributed by atoms with Crippen LogP contribution < -0.4 is 10.6 Å². The summed E-state index contributed by atoms with van der Waals surface area (Å²) in [7, 11) is 0. The van der Waals surface area contributed by atoms with Gasteiger partial charge in [0, 0.05) is 19.5 Å². The molecule has 1 aliphatic heterocycles. The van der Waals surface area contributed by atoms with Gasteiger partial charge in [-0.2, -0.15) is 0 Å². The van der Waals surface area contributed by atoms with E-state index in [0.717, 1.165) is 42.7 Å². The lowest BCUT2D eigenvalue weighted by atomic mass is 10.2. The van der Waals surface area contributed by atoms with Crippen molar-refractivity contribution in [2.24, 2.45) is 4.99 Å². The van der Waals surface area contributed by atoms with E-state index in [1.54, 1.807) is 12.1 Å². The maximum Gasteiger partial charge on any atom is 0.191 e. The number of fused-ring (bicyclic) bond motifs is 1. The number of halogens is 2. The minimum atomic E-state index is -0.231. The van der Waals surface area contributed by atoms with Gasteiger partial charge in [-0.25, -0.2) is 9.38 Å². The van der Waals surface area contributed by atoms with E-state index in [1.165, 1.54) is 31.4 Å². The fourth-order valence-corrected chi connectivity index (χ4v) is 2.94. The summed E-state index contributed by atoms with van der Waals surface area (Å²) in [6.45, 7) is 4.86. The maximum atomic E-state index is 13.0. The minimum absolute atomic E-state index is 0. The zero-order valence-corrected chi connectivity index (χ0v) is 17.4. The van der Waals surface area contributed by atoms with Crippen molar-refractivity contribution >= 4 is 29.9 Å². The molecule has 0 saturated heterocycles. The fraction of sp³-hybridized carbons (Fsp3) is 0.500. The van der Waals surface area contributed by atoms with Crippen molar-refractivity contribution in [3.8, 4) is 0 Å². The van der Waals surface area contributed by atoms with Crippen LogP contribution in [0.2, 0.25) is 0 Å². The molecule has 0 bridgehead atoms. The summed E-state index contributed by atoms with van der Waals surface area (Å²) in [5.41, 5.74) is 0.968. The van der Waals surface area contributed by atoms with Crippen LogP contribution in [-0.4, -0.2) is 27.3 Å². The van der Waals surface area contributed by atoms with E-state index in [4.69, 9.17) is 0 Å². The Morgan fingerprint density at radius 3 is 2.73 bits per heavy atom. The van der Waals surface area contributed by atoms with Crippen molar-refractivity contribution in [2.75, 3.05) is 6.54 Å². The minimum Gasteiger partial charge on any atom is -0.357 e. The van der Waals surface area contributed by atoms with Gasteiger partial charge in [-0.05, 0) is 37.5 Å². The molecule has 142 valence electrons. The number of rotatable bonds is 5. The quantitative estimate of drug-likeness (QED) is 0.399. The highest BCUT2D eigenvalue weighted by Crippen LogP contribution is 2.14. The third kappa shape index (κ3) is 5.65. The molecule has 0 amide bonds. The normalized spacial score (nSPS) is 14.2. The molecule has 0 spiro atoms. The van der Waals surface area contributed by atoms with Gasteiger partial charge < -0.3 is 15.2 Å². The van der Waals surface area contributed by atoms with Crippen LogP contribution in [-0.2, 0) is 26.1 Å². The number of aromatic nitrogens is 3. The standard InChI is InChI=1S/C18H25FN6.HI/c1-2-20-18(21-12-14-7-9-15(19)10-8-14)22-13-17-24-23-16-6-4-3-5-11-25(16)17;/h7-10H,2-6,11-13H2,1H3,(H2,20,21,22);1H. The number of benzene rings is 1. The largest absolute Gasteiger partial charge is 0.357 e. The van der Waals surface area contributed by atoms with Gasteiger partial charge in [0.15, 0.2) is 11.8 Å². The van der Waals surface area contributed by atoms with Crippen LogP contribution >= 0.6 is 24.0 Å². The molecule has 8 heteroatoms.